The van der Waals surface area contributed by atoms with E-state index in [4.69, 9.17) is 17.3 Å². The zero-order valence-corrected chi connectivity index (χ0v) is 13.2. The second-order valence-corrected chi connectivity index (χ2v) is 5.81. The molecule has 19 heavy (non-hydrogen) atoms. The van der Waals surface area contributed by atoms with Gasteiger partial charge in [-0.2, -0.15) is 0 Å². The first-order valence-electron chi connectivity index (χ1n) is 6.84. The first-order chi connectivity index (χ1) is 8.93. The van der Waals surface area contributed by atoms with Gasteiger partial charge in [0, 0.05) is 36.9 Å². The summed E-state index contributed by atoms with van der Waals surface area (Å²) in [5.74, 6) is 0. The normalized spacial score (nSPS) is 12.8. The van der Waals surface area contributed by atoms with Crippen LogP contribution in [0.25, 0.3) is 0 Å². The second-order valence-electron chi connectivity index (χ2n) is 5.37. The lowest BCUT2D eigenvalue weighted by atomic mass is 10.0. The molecule has 0 amide bonds. The molecule has 0 aliphatic rings. The van der Waals surface area contributed by atoms with Crippen LogP contribution in [0.4, 0.5) is 5.69 Å². The molecular formula is C15H26ClN3. The number of benzene rings is 1. The zero-order valence-electron chi connectivity index (χ0n) is 12.5. The lowest BCUT2D eigenvalue weighted by Gasteiger charge is -2.25. The lowest BCUT2D eigenvalue weighted by Crippen LogP contribution is -2.30. The number of nitrogens with two attached hydrogens (primary N) is 1. The van der Waals surface area contributed by atoms with Crippen molar-refractivity contribution < 1.29 is 0 Å². The van der Waals surface area contributed by atoms with E-state index in [1.165, 1.54) is 11.3 Å². The zero-order chi connectivity index (χ0) is 14.4. The molecule has 0 bridgehead atoms. The molecule has 1 aromatic carbocycles. The fourth-order valence-corrected chi connectivity index (χ4v) is 2.18. The molecule has 108 valence electrons. The molecule has 0 saturated carbocycles. The topological polar surface area (TPSA) is 32.5 Å². The van der Waals surface area contributed by atoms with Gasteiger partial charge in [0.05, 0.1) is 0 Å². The quantitative estimate of drug-likeness (QED) is 0.835. The van der Waals surface area contributed by atoms with Crippen LogP contribution in [0.2, 0.25) is 5.02 Å². The lowest BCUT2D eigenvalue weighted by molar-refractivity contribution is 0.416. The molecule has 0 spiro atoms. The highest BCUT2D eigenvalue weighted by atomic mass is 35.5. The number of hydrogen-bond donors (Lipinski definition) is 1. The number of halogens is 1. The van der Waals surface area contributed by atoms with Crippen molar-refractivity contribution in [3.05, 3.63) is 28.8 Å². The third-order valence-electron chi connectivity index (χ3n) is 3.34. The summed E-state index contributed by atoms with van der Waals surface area (Å²) in [5.41, 5.74) is 8.55. The van der Waals surface area contributed by atoms with E-state index in [1.54, 1.807) is 0 Å². The monoisotopic (exact) mass is 283 g/mol. The van der Waals surface area contributed by atoms with Gasteiger partial charge in [-0.25, -0.2) is 0 Å². The summed E-state index contributed by atoms with van der Waals surface area (Å²) in [4.78, 5) is 4.46. The van der Waals surface area contributed by atoms with Gasteiger partial charge in [0.25, 0.3) is 0 Å². The van der Waals surface area contributed by atoms with E-state index in [2.05, 4.69) is 43.9 Å². The number of hydrogen-bond acceptors (Lipinski definition) is 3. The van der Waals surface area contributed by atoms with Crippen LogP contribution in [-0.2, 0) is 6.42 Å². The molecule has 0 aromatic heterocycles. The van der Waals surface area contributed by atoms with Gasteiger partial charge in [0.15, 0.2) is 0 Å². The van der Waals surface area contributed by atoms with Crippen molar-refractivity contribution >= 4 is 17.3 Å². The Labute approximate surface area is 122 Å². The molecule has 2 N–H and O–H groups in total. The summed E-state index contributed by atoms with van der Waals surface area (Å²) in [7, 11) is 6.29. The predicted octanol–water partition coefficient (Wildman–Crippen LogP) is 2.62. The van der Waals surface area contributed by atoms with Crippen molar-refractivity contribution in [3.63, 3.8) is 0 Å². The highest BCUT2D eigenvalue weighted by molar-refractivity contribution is 6.30. The van der Waals surface area contributed by atoms with Gasteiger partial charge >= 0.3 is 0 Å². The van der Waals surface area contributed by atoms with Crippen molar-refractivity contribution in [2.75, 3.05) is 39.1 Å². The van der Waals surface area contributed by atoms with E-state index in [1.807, 2.05) is 12.1 Å². The van der Waals surface area contributed by atoms with Crippen LogP contribution >= 0.6 is 11.6 Å². The smallest absolute Gasteiger partial charge is 0.0410 e. The van der Waals surface area contributed by atoms with Crippen LogP contribution in [0.3, 0.4) is 0 Å². The average Bonchev–Trinajstić information content (AvgIpc) is 2.36. The Balaban J connectivity index is 2.85. The molecule has 0 heterocycles. The maximum Gasteiger partial charge on any atom is 0.0410 e. The molecule has 1 aromatic rings. The van der Waals surface area contributed by atoms with E-state index < -0.39 is 0 Å². The summed E-state index contributed by atoms with van der Waals surface area (Å²) < 4.78 is 0. The Morgan fingerprint density at radius 3 is 2.47 bits per heavy atom. The summed E-state index contributed by atoms with van der Waals surface area (Å²) in [6.07, 6.45) is 1.85. The van der Waals surface area contributed by atoms with Crippen LogP contribution in [0.1, 0.15) is 18.9 Å². The third kappa shape index (κ3) is 5.39. The van der Waals surface area contributed by atoms with E-state index >= 15 is 0 Å². The predicted molar refractivity (Wildman–Crippen MR) is 85.2 cm³/mol. The minimum Gasteiger partial charge on any atom is -0.373 e. The van der Waals surface area contributed by atoms with Crippen LogP contribution < -0.4 is 10.6 Å². The summed E-state index contributed by atoms with van der Waals surface area (Å²) in [6.45, 7) is 4.13. The molecule has 0 aliphatic carbocycles. The Hall–Kier alpha value is -0.770. The molecule has 0 aliphatic heterocycles. The standard InChI is InChI=1S/C15H26ClN3/c1-5-14(17)11-12-10-13(16)6-7-15(12)19(4)9-8-18(2)3/h6-7,10,14H,5,8-9,11,17H2,1-4H3. The van der Waals surface area contributed by atoms with Gasteiger partial charge in [-0.15, -0.1) is 0 Å². The van der Waals surface area contributed by atoms with E-state index in [0.717, 1.165) is 31.0 Å². The van der Waals surface area contributed by atoms with Crippen molar-refractivity contribution in [1.82, 2.24) is 4.90 Å². The molecular weight excluding hydrogens is 258 g/mol. The first-order valence-corrected chi connectivity index (χ1v) is 7.21. The molecule has 0 saturated heterocycles. The van der Waals surface area contributed by atoms with Gasteiger partial charge < -0.3 is 15.5 Å². The summed E-state index contributed by atoms with van der Waals surface area (Å²) in [5, 5.41) is 0.781. The number of anilines is 1. The average molecular weight is 284 g/mol. The number of likely N-dealkylation sites (N-methyl/N-ethyl adjacent to an activating group) is 2. The van der Waals surface area contributed by atoms with Crippen LogP contribution in [0, 0.1) is 0 Å². The maximum atomic E-state index is 6.11. The first kappa shape index (κ1) is 16.3. The Bertz CT molecular complexity index is 393. The Morgan fingerprint density at radius 1 is 1.21 bits per heavy atom. The van der Waals surface area contributed by atoms with Gasteiger partial charge in [-0.1, -0.05) is 18.5 Å². The molecule has 1 atom stereocenters. The van der Waals surface area contributed by atoms with Gasteiger partial charge in [-0.3, -0.25) is 0 Å². The minimum atomic E-state index is 0.194. The second kappa shape index (κ2) is 7.73. The maximum absolute atomic E-state index is 6.11. The Morgan fingerprint density at radius 2 is 1.89 bits per heavy atom. The van der Waals surface area contributed by atoms with Gasteiger partial charge in [0.1, 0.15) is 0 Å². The molecule has 4 heteroatoms. The van der Waals surface area contributed by atoms with E-state index in [-0.39, 0.29) is 6.04 Å². The number of rotatable bonds is 7. The molecule has 0 radical (unpaired) electrons. The molecule has 1 unspecified atom stereocenters. The largest absolute Gasteiger partial charge is 0.373 e. The van der Waals surface area contributed by atoms with Crippen molar-refractivity contribution in [1.29, 1.82) is 0 Å². The molecule has 3 nitrogen and oxygen atoms in total. The highest BCUT2D eigenvalue weighted by Gasteiger charge is 2.11. The van der Waals surface area contributed by atoms with Crippen molar-refractivity contribution in [3.8, 4) is 0 Å². The van der Waals surface area contributed by atoms with Gasteiger partial charge in [-0.05, 0) is 50.7 Å². The fraction of sp³-hybridized carbons (Fsp3) is 0.600. The molecule has 0 fully saturated rings. The Kier molecular flexibility index (Phi) is 6.63. The summed E-state index contributed by atoms with van der Waals surface area (Å²) in [6, 6.07) is 6.28. The van der Waals surface area contributed by atoms with Gasteiger partial charge in [0.2, 0.25) is 0 Å². The fourth-order valence-electron chi connectivity index (χ4n) is 1.99. The summed E-state index contributed by atoms with van der Waals surface area (Å²) >= 11 is 6.11. The van der Waals surface area contributed by atoms with E-state index in [0.29, 0.717) is 0 Å². The van der Waals surface area contributed by atoms with Crippen molar-refractivity contribution in [2.24, 2.45) is 5.73 Å². The van der Waals surface area contributed by atoms with Crippen LogP contribution in [0.15, 0.2) is 18.2 Å². The molecule has 1 rings (SSSR count). The highest BCUT2D eigenvalue weighted by Crippen LogP contribution is 2.25. The van der Waals surface area contributed by atoms with E-state index in [9.17, 15) is 0 Å². The number of nitrogens with zero attached hydrogens (tertiary/aromatic N) is 2. The van der Waals surface area contributed by atoms with Crippen LogP contribution in [0.5, 0.6) is 0 Å². The van der Waals surface area contributed by atoms with Crippen LogP contribution in [-0.4, -0.2) is 45.2 Å². The minimum absolute atomic E-state index is 0.194. The van der Waals surface area contributed by atoms with Crippen molar-refractivity contribution in [2.45, 2.75) is 25.8 Å². The third-order valence-corrected chi connectivity index (χ3v) is 3.58. The SMILES string of the molecule is CCC(N)Cc1cc(Cl)ccc1N(C)CCN(C)C.